The van der Waals surface area contributed by atoms with Gasteiger partial charge in [0.25, 0.3) is 0 Å². The first-order valence-corrected chi connectivity index (χ1v) is 7.04. The lowest BCUT2D eigenvalue weighted by atomic mass is 10.3. The van der Waals surface area contributed by atoms with Crippen LogP contribution in [0.4, 0.5) is 0 Å². The third-order valence-corrected chi connectivity index (χ3v) is 3.32. The summed E-state index contributed by atoms with van der Waals surface area (Å²) in [5, 5.41) is 16.8. The minimum absolute atomic E-state index is 0.0623. The first-order valence-electron chi connectivity index (χ1n) is 5.58. The minimum Gasteiger partial charge on any atom is -0.404 e. The molecule has 1 aromatic carbocycles. The van der Waals surface area contributed by atoms with Crippen LogP contribution in [0.25, 0.3) is 0 Å². The monoisotopic (exact) mass is 280 g/mol. The van der Waals surface area contributed by atoms with Crippen LogP contribution in [0.15, 0.2) is 30.3 Å². The quantitative estimate of drug-likeness (QED) is 0.536. The van der Waals surface area contributed by atoms with Gasteiger partial charge in [0.1, 0.15) is 5.75 Å². The van der Waals surface area contributed by atoms with Crippen LogP contribution in [0.5, 0.6) is 5.75 Å². The highest BCUT2D eigenvalue weighted by Crippen LogP contribution is 2.49. The molecule has 0 aliphatic carbocycles. The molecule has 0 aromatic heterocycles. The van der Waals surface area contributed by atoms with E-state index in [9.17, 15) is 4.57 Å². The van der Waals surface area contributed by atoms with E-state index in [4.69, 9.17) is 24.1 Å². The van der Waals surface area contributed by atoms with E-state index < -0.39 is 7.82 Å². The molecule has 0 heterocycles. The number of nitriles is 2. The average Bonchev–Trinajstić information content (AvgIpc) is 2.40. The zero-order valence-corrected chi connectivity index (χ0v) is 11.1. The van der Waals surface area contributed by atoms with Gasteiger partial charge in [-0.15, -0.1) is 0 Å². The summed E-state index contributed by atoms with van der Waals surface area (Å²) in [7, 11) is -3.80. The second-order valence-corrected chi connectivity index (χ2v) is 4.93. The van der Waals surface area contributed by atoms with E-state index in [-0.39, 0.29) is 26.1 Å². The third kappa shape index (κ3) is 6.03. The van der Waals surface area contributed by atoms with Gasteiger partial charge >= 0.3 is 7.82 Å². The van der Waals surface area contributed by atoms with Crippen molar-refractivity contribution in [2.75, 3.05) is 13.2 Å². The molecule has 0 saturated carbocycles. The lowest BCUT2D eigenvalue weighted by Crippen LogP contribution is -2.04. The van der Waals surface area contributed by atoms with Crippen molar-refractivity contribution in [2.24, 2.45) is 0 Å². The summed E-state index contributed by atoms with van der Waals surface area (Å²) < 4.78 is 27.4. The van der Waals surface area contributed by atoms with Gasteiger partial charge in [-0.1, -0.05) is 18.2 Å². The van der Waals surface area contributed by atoms with E-state index in [1.807, 2.05) is 12.1 Å². The van der Waals surface area contributed by atoms with Gasteiger partial charge in [-0.05, 0) is 12.1 Å². The zero-order chi connectivity index (χ0) is 14.0. The van der Waals surface area contributed by atoms with Gasteiger partial charge < -0.3 is 4.52 Å². The maximum absolute atomic E-state index is 12.2. The van der Waals surface area contributed by atoms with Gasteiger partial charge in [0, 0.05) is 0 Å². The SMILES string of the molecule is N#CCCOP(=O)(OCCC#N)Oc1ccccc1. The zero-order valence-electron chi connectivity index (χ0n) is 10.2. The van der Waals surface area contributed by atoms with Gasteiger partial charge in [-0.2, -0.15) is 10.5 Å². The molecule has 0 fully saturated rings. The second kappa shape index (κ2) is 8.29. The number of phosphoric acid groups is 1. The first-order chi connectivity index (χ1) is 9.20. The lowest BCUT2D eigenvalue weighted by Gasteiger charge is -2.17. The largest absolute Gasteiger partial charge is 0.530 e. The normalized spacial score (nSPS) is 10.4. The van der Waals surface area contributed by atoms with E-state index in [0.717, 1.165) is 0 Å². The first kappa shape index (κ1) is 15.2. The summed E-state index contributed by atoms with van der Waals surface area (Å²) in [5.74, 6) is 0.333. The van der Waals surface area contributed by atoms with Crippen molar-refractivity contribution in [1.29, 1.82) is 10.5 Å². The molecule has 1 rings (SSSR count). The Hall–Kier alpha value is -1.85. The molecule has 0 saturated heterocycles. The van der Waals surface area contributed by atoms with Crippen molar-refractivity contribution in [3.8, 4) is 17.9 Å². The molecule has 0 atom stereocenters. The van der Waals surface area contributed by atoms with Crippen molar-refractivity contribution in [3.63, 3.8) is 0 Å². The summed E-state index contributed by atoms with van der Waals surface area (Å²) in [4.78, 5) is 0. The molecular weight excluding hydrogens is 267 g/mol. The number of hydrogen-bond acceptors (Lipinski definition) is 6. The van der Waals surface area contributed by atoms with Crippen LogP contribution >= 0.6 is 7.82 Å². The number of benzene rings is 1. The number of para-hydroxylation sites is 1. The Balaban J connectivity index is 2.65. The molecule has 100 valence electrons. The molecule has 0 aliphatic heterocycles. The van der Waals surface area contributed by atoms with Gasteiger partial charge in [0.05, 0.1) is 38.2 Å². The Labute approximate surface area is 111 Å². The van der Waals surface area contributed by atoms with Crippen LogP contribution in [-0.4, -0.2) is 13.2 Å². The van der Waals surface area contributed by atoms with Gasteiger partial charge in [-0.3, -0.25) is 9.05 Å². The summed E-state index contributed by atoms with van der Waals surface area (Å²) in [6, 6.07) is 12.1. The van der Waals surface area contributed by atoms with E-state index >= 15 is 0 Å². The Bertz CT molecular complexity index is 483. The van der Waals surface area contributed by atoms with Gasteiger partial charge in [0.15, 0.2) is 0 Å². The molecule has 0 bridgehead atoms. The Morgan fingerprint density at radius 1 is 1.00 bits per heavy atom. The summed E-state index contributed by atoms with van der Waals surface area (Å²) in [5.41, 5.74) is 0. The van der Waals surface area contributed by atoms with E-state index in [0.29, 0.717) is 5.75 Å². The Kier molecular flexibility index (Phi) is 6.63. The molecule has 0 N–H and O–H groups in total. The number of rotatable bonds is 8. The fourth-order valence-corrected chi connectivity index (χ4v) is 2.30. The van der Waals surface area contributed by atoms with Crippen molar-refractivity contribution in [3.05, 3.63) is 30.3 Å². The topological polar surface area (TPSA) is 92.3 Å². The highest BCUT2D eigenvalue weighted by Gasteiger charge is 2.28. The standard InChI is InChI=1S/C12H13N2O4P/c13-8-4-10-16-19(15,17-11-5-9-14)18-12-6-2-1-3-7-12/h1-3,6-7H,4-5,10-11H2. The molecule has 0 radical (unpaired) electrons. The smallest absolute Gasteiger partial charge is 0.404 e. The van der Waals surface area contributed by atoms with E-state index in [1.165, 1.54) is 0 Å². The average molecular weight is 280 g/mol. The van der Waals surface area contributed by atoms with Crippen LogP contribution in [0.2, 0.25) is 0 Å². The van der Waals surface area contributed by atoms with Crippen LogP contribution in [0.3, 0.4) is 0 Å². The minimum atomic E-state index is -3.80. The number of phosphoric ester groups is 1. The predicted octanol–water partition coefficient (Wildman–Crippen LogP) is 3.03. The molecule has 0 amide bonds. The van der Waals surface area contributed by atoms with Crippen LogP contribution in [0.1, 0.15) is 12.8 Å². The van der Waals surface area contributed by atoms with Gasteiger partial charge in [-0.25, -0.2) is 4.57 Å². The molecule has 0 spiro atoms. The Morgan fingerprint density at radius 3 is 2.00 bits per heavy atom. The molecule has 19 heavy (non-hydrogen) atoms. The summed E-state index contributed by atoms with van der Waals surface area (Å²) in [6.07, 6.45) is 0.146. The van der Waals surface area contributed by atoms with Crippen molar-refractivity contribution in [2.45, 2.75) is 12.8 Å². The van der Waals surface area contributed by atoms with Crippen molar-refractivity contribution < 1.29 is 18.1 Å². The molecule has 1 aromatic rings. The number of nitrogens with zero attached hydrogens (tertiary/aromatic N) is 2. The summed E-state index contributed by atoms with van der Waals surface area (Å²) >= 11 is 0. The van der Waals surface area contributed by atoms with Crippen molar-refractivity contribution in [1.82, 2.24) is 0 Å². The van der Waals surface area contributed by atoms with Gasteiger partial charge in [0.2, 0.25) is 0 Å². The fourth-order valence-electron chi connectivity index (χ4n) is 1.11. The fraction of sp³-hybridized carbons (Fsp3) is 0.333. The lowest BCUT2D eigenvalue weighted by molar-refractivity contribution is 0.160. The number of hydrogen-bond donors (Lipinski definition) is 0. The maximum Gasteiger partial charge on any atom is 0.530 e. The predicted molar refractivity (Wildman–Crippen MR) is 67.0 cm³/mol. The van der Waals surface area contributed by atoms with Crippen molar-refractivity contribution >= 4 is 7.82 Å². The molecule has 0 aliphatic rings. The highest BCUT2D eigenvalue weighted by atomic mass is 31.2. The molecule has 6 nitrogen and oxygen atoms in total. The van der Waals surface area contributed by atoms with Crippen LogP contribution < -0.4 is 4.52 Å². The highest BCUT2D eigenvalue weighted by molar-refractivity contribution is 7.48. The molecular formula is C12H13N2O4P. The maximum atomic E-state index is 12.2. The second-order valence-electron chi connectivity index (χ2n) is 3.33. The molecule has 7 heteroatoms. The van der Waals surface area contributed by atoms with E-state index in [2.05, 4.69) is 0 Å². The van der Waals surface area contributed by atoms with E-state index in [1.54, 1.807) is 30.3 Å². The third-order valence-electron chi connectivity index (χ3n) is 1.89. The van der Waals surface area contributed by atoms with Crippen LogP contribution in [-0.2, 0) is 13.6 Å². The summed E-state index contributed by atoms with van der Waals surface area (Å²) in [6.45, 7) is -0.125. The Morgan fingerprint density at radius 2 is 1.53 bits per heavy atom. The molecule has 0 unspecified atom stereocenters. The van der Waals surface area contributed by atoms with Crippen LogP contribution in [0, 0.1) is 22.7 Å².